The summed E-state index contributed by atoms with van der Waals surface area (Å²) in [5.74, 6) is 0.457. The van der Waals surface area contributed by atoms with Gasteiger partial charge in [-0.05, 0) is 19.1 Å². The number of rotatable bonds is 3. The number of carbonyl (C=O) groups is 2. The van der Waals surface area contributed by atoms with Gasteiger partial charge in [-0.1, -0.05) is 17.7 Å². The van der Waals surface area contributed by atoms with Crippen molar-refractivity contribution in [1.82, 2.24) is 9.80 Å². The molecule has 0 aliphatic carbocycles. The van der Waals surface area contributed by atoms with E-state index in [-0.39, 0.29) is 11.8 Å². The lowest BCUT2D eigenvalue weighted by molar-refractivity contribution is -0.132. The zero-order valence-electron chi connectivity index (χ0n) is 11.6. The Hall–Kier alpha value is -1.55. The molecular formula is C15H19ClN2O2. The molecule has 2 rings (SSSR count). The van der Waals surface area contributed by atoms with Crippen LogP contribution >= 0.6 is 11.6 Å². The van der Waals surface area contributed by atoms with Crippen molar-refractivity contribution < 1.29 is 9.59 Å². The predicted octanol–water partition coefficient (Wildman–Crippen LogP) is 1.91. The highest BCUT2D eigenvalue weighted by Crippen LogP contribution is 2.11. The molecule has 0 saturated carbocycles. The number of alkyl halides is 1. The summed E-state index contributed by atoms with van der Waals surface area (Å²) in [6.45, 7) is 4.34. The third-order valence-corrected chi connectivity index (χ3v) is 3.72. The molecule has 0 bridgehead atoms. The SMILES string of the molecule is Cc1ccc(C(=O)N2CCN(C(=O)CCCl)CC2)cc1. The van der Waals surface area contributed by atoms with Crippen LogP contribution in [0.4, 0.5) is 0 Å². The monoisotopic (exact) mass is 294 g/mol. The van der Waals surface area contributed by atoms with Gasteiger partial charge in [-0.25, -0.2) is 0 Å². The Balaban J connectivity index is 1.92. The second-order valence-corrected chi connectivity index (χ2v) is 5.36. The summed E-state index contributed by atoms with van der Waals surface area (Å²) in [5, 5.41) is 0. The number of benzene rings is 1. The minimum Gasteiger partial charge on any atom is -0.339 e. The molecule has 1 aliphatic heterocycles. The number of aryl methyl sites for hydroxylation is 1. The van der Waals surface area contributed by atoms with Crippen molar-refractivity contribution >= 4 is 23.4 Å². The van der Waals surface area contributed by atoms with Gasteiger partial charge < -0.3 is 9.80 Å². The molecule has 4 nitrogen and oxygen atoms in total. The predicted molar refractivity (Wildman–Crippen MR) is 79.0 cm³/mol. The molecule has 1 aliphatic rings. The first-order valence-electron chi connectivity index (χ1n) is 6.81. The molecule has 1 fully saturated rings. The fourth-order valence-electron chi connectivity index (χ4n) is 2.28. The summed E-state index contributed by atoms with van der Waals surface area (Å²) in [6.07, 6.45) is 0.369. The average Bonchev–Trinajstić information content (AvgIpc) is 2.48. The first kappa shape index (κ1) is 14.9. The highest BCUT2D eigenvalue weighted by Gasteiger charge is 2.24. The van der Waals surface area contributed by atoms with Crippen molar-refractivity contribution in [2.24, 2.45) is 0 Å². The topological polar surface area (TPSA) is 40.6 Å². The van der Waals surface area contributed by atoms with Crippen LogP contribution < -0.4 is 0 Å². The number of hydrogen-bond donors (Lipinski definition) is 0. The van der Waals surface area contributed by atoms with Crippen LogP contribution in [-0.2, 0) is 4.79 Å². The number of hydrogen-bond acceptors (Lipinski definition) is 2. The Kier molecular flexibility index (Phi) is 5.01. The van der Waals surface area contributed by atoms with E-state index in [9.17, 15) is 9.59 Å². The molecule has 108 valence electrons. The van der Waals surface area contributed by atoms with E-state index in [0.717, 1.165) is 5.56 Å². The van der Waals surface area contributed by atoms with E-state index in [0.29, 0.717) is 44.0 Å². The van der Waals surface area contributed by atoms with Crippen LogP contribution in [0.15, 0.2) is 24.3 Å². The smallest absolute Gasteiger partial charge is 0.253 e. The molecule has 0 unspecified atom stereocenters. The number of nitrogens with zero attached hydrogens (tertiary/aromatic N) is 2. The molecule has 0 radical (unpaired) electrons. The van der Waals surface area contributed by atoms with Crippen molar-refractivity contribution in [2.75, 3.05) is 32.1 Å². The summed E-state index contributed by atoms with van der Waals surface area (Å²) in [7, 11) is 0. The van der Waals surface area contributed by atoms with Crippen LogP contribution in [0.25, 0.3) is 0 Å². The van der Waals surface area contributed by atoms with E-state index in [1.165, 1.54) is 0 Å². The Bertz CT molecular complexity index is 479. The molecule has 1 heterocycles. The summed E-state index contributed by atoms with van der Waals surface area (Å²) in [6, 6.07) is 7.58. The van der Waals surface area contributed by atoms with Gasteiger partial charge in [0.25, 0.3) is 5.91 Å². The Morgan fingerprint density at radius 3 is 2.15 bits per heavy atom. The van der Waals surface area contributed by atoms with E-state index in [1.54, 1.807) is 9.80 Å². The van der Waals surface area contributed by atoms with E-state index in [1.807, 2.05) is 31.2 Å². The fourth-order valence-corrected chi connectivity index (χ4v) is 2.44. The van der Waals surface area contributed by atoms with Gasteiger partial charge in [-0.2, -0.15) is 0 Å². The molecule has 2 amide bonds. The van der Waals surface area contributed by atoms with Crippen LogP contribution in [0, 0.1) is 6.92 Å². The van der Waals surface area contributed by atoms with Crippen molar-refractivity contribution in [3.8, 4) is 0 Å². The van der Waals surface area contributed by atoms with Crippen molar-refractivity contribution in [3.63, 3.8) is 0 Å². The van der Waals surface area contributed by atoms with Gasteiger partial charge in [0.1, 0.15) is 0 Å². The van der Waals surface area contributed by atoms with Gasteiger partial charge in [-0.15, -0.1) is 11.6 Å². The molecule has 1 saturated heterocycles. The van der Waals surface area contributed by atoms with Gasteiger partial charge in [0, 0.05) is 44.0 Å². The van der Waals surface area contributed by atoms with E-state index in [2.05, 4.69) is 0 Å². The molecular weight excluding hydrogens is 276 g/mol. The minimum absolute atomic E-state index is 0.0365. The largest absolute Gasteiger partial charge is 0.339 e. The summed E-state index contributed by atoms with van der Waals surface area (Å²) in [4.78, 5) is 27.6. The van der Waals surface area contributed by atoms with Crippen LogP contribution in [0.3, 0.4) is 0 Å². The normalized spacial score (nSPS) is 15.3. The third-order valence-electron chi connectivity index (χ3n) is 3.53. The molecule has 5 heteroatoms. The quantitative estimate of drug-likeness (QED) is 0.799. The number of amides is 2. The van der Waals surface area contributed by atoms with E-state index < -0.39 is 0 Å². The summed E-state index contributed by atoms with van der Waals surface area (Å²) < 4.78 is 0. The zero-order chi connectivity index (χ0) is 14.5. The zero-order valence-corrected chi connectivity index (χ0v) is 12.4. The fraction of sp³-hybridized carbons (Fsp3) is 0.467. The molecule has 20 heavy (non-hydrogen) atoms. The van der Waals surface area contributed by atoms with Crippen molar-refractivity contribution in [3.05, 3.63) is 35.4 Å². The Morgan fingerprint density at radius 1 is 1.05 bits per heavy atom. The van der Waals surface area contributed by atoms with Crippen LogP contribution in [0.1, 0.15) is 22.3 Å². The second-order valence-electron chi connectivity index (χ2n) is 4.98. The van der Waals surface area contributed by atoms with E-state index >= 15 is 0 Å². The van der Waals surface area contributed by atoms with Crippen LogP contribution in [-0.4, -0.2) is 53.7 Å². The Labute approximate surface area is 124 Å². The number of halogens is 1. The van der Waals surface area contributed by atoms with Crippen molar-refractivity contribution in [1.29, 1.82) is 0 Å². The Morgan fingerprint density at radius 2 is 1.60 bits per heavy atom. The van der Waals surface area contributed by atoms with Crippen molar-refractivity contribution in [2.45, 2.75) is 13.3 Å². The minimum atomic E-state index is 0.0365. The average molecular weight is 295 g/mol. The molecule has 1 aromatic carbocycles. The molecule has 0 aromatic heterocycles. The van der Waals surface area contributed by atoms with Crippen LogP contribution in [0.5, 0.6) is 0 Å². The second kappa shape index (κ2) is 6.75. The maximum absolute atomic E-state index is 12.3. The third kappa shape index (κ3) is 3.51. The molecule has 0 N–H and O–H groups in total. The lowest BCUT2D eigenvalue weighted by atomic mass is 10.1. The first-order chi connectivity index (χ1) is 9.61. The standard InChI is InChI=1S/C15H19ClN2O2/c1-12-2-4-13(5-3-12)15(20)18-10-8-17(9-11-18)14(19)6-7-16/h2-5H,6-11H2,1H3. The lowest BCUT2D eigenvalue weighted by Crippen LogP contribution is -2.50. The highest BCUT2D eigenvalue weighted by atomic mass is 35.5. The van der Waals surface area contributed by atoms with Gasteiger partial charge in [-0.3, -0.25) is 9.59 Å². The number of piperazine rings is 1. The van der Waals surface area contributed by atoms with Gasteiger partial charge in [0.2, 0.25) is 5.91 Å². The van der Waals surface area contributed by atoms with Crippen LogP contribution in [0.2, 0.25) is 0 Å². The first-order valence-corrected chi connectivity index (χ1v) is 7.35. The molecule has 0 atom stereocenters. The summed E-state index contributed by atoms with van der Waals surface area (Å²) >= 11 is 5.58. The molecule has 0 spiro atoms. The highest BCUT2D eigenvalue weighted by molar-refractivity contribution is 6.18. The summed E-state index contributed by atoms with van der Waals surface area (Å²) in [5.41, 5.74) is 1.84. The molecule has 1 aromatic rings. The maximum atomic E-state index is 12.3. The lowest BCUT2D eigenvalue weighted by Gasteiger charge is -2.34. The number of carbonyl (C=O) groups excluding carboxylic acids is 2. The maximum Gasteiger partial charge on any atom is 0.253 e. The van der Waals surface area contributed by atoms with Gasteiger partial charge in [0.05, 0.1) is 0 Å². The van der Waals surface area contributed by atoms with Gasteiger partial charge >= 0.3 is 0 Å². The van der Waals surface area contributed by atoms with E-state index in [4.69, 9.17) is 11.6 Å². The van der Waals surface area contributed by atoms with Gasteiger partial charge in [0.15, 0.2) is 0 Å².